The fraction of sp³-hybridized carbons (Fsp3) is 0.278. The maximum absolute atomic E-state index is 6.50. The first-order valence-corrected chi connectivity index (χ1v) is 7.37. The second kappa shape index (κ2) is 5.34. The number of para-hydroxylation sites is 2. The van der Waals surface area contributed by atoms with Crippen LogP contribution < -0.4 is 5.73 Å². The average Bonchev–Trinajstić information content (AvgIpc) is 2.85. The van der Waals surface area contributed by atoms with Gasteiger partial charge in [0.25, 0.3) is 0 Å². The summed E-state index contributed by atoms with van der Waals surface area (Å²) in [5.41, 5.74) is 11.0. The first-order chi connectivity index (χ1) is 10.1. The summed E-state index contributed by atoms with van der Waals surface area (Å²) < 4.78 is 2.24. The summed E-state index contributed by atoms with van der Waals surface area (Å²) >= 11 is 0. The van der Waals surface area contributed by atoms with Gasteiger partial charge in [-0.3, -0.25) is 0 Å². The van der Waals surface area contributed by atoms with Crippen LogP contribution in [0.1, 0.15) is 42.9 Å². The smallest absolute Gasteiger partial charge is 0.131 e. The number of hydrogen-bond acceptors (Lipinski definition) is 2. The summed E-state index contributed by atoms with van der Waals surface area (Å²) in [5, 5.41) is 0. The summed E-state index contributed by atoms with van der Waals surface area (Å²) in [7, 11) is 0. The van der Waals surface area contributed by atoms with Gasteiger partial charge in [0.15, 0.2) is 0 Å². The second-order valence-electron chi connectivity index (χ2n) is 5.81. The Bertz CT molecular complexity index is 771. The number of fused-ring (bicyclic) bond motifs is 1. The predicted molar refractivity (Wildman–Crippen MR) is 87.3 cm³/mol. The Balaban J connectivity index is 2.17. The summed E-state index contributed by atoms with van der Waals surface area (Å²) in [6.45, 7) is 6.42. The molecule has 0 aliphatic heterocycles. The second-order valence-corrected chi connectivity index (χ2v) is 5.81. The lowest BCUT2D eigenvalue weighted by Crippen LogP contribution is -2.19. The molecule has 0 saturated heterocycles. The first-order valence-electron chi connectivity index (χ1n) is 7.37. The number of nitrogens with two attached hydrogens (primary N) is 1. The zero-order valence-corrected chi connectivity index (χ0v) is 12.7. The maximum atomic E-state index is 6.50. The fourth-order valence-electron chi connectivity index (χ4n) is 2.84. The lowest BCUT2D eigenvalue weighted by molar-refractivity contribution is 0.567. The molecule has 1 aromatic heterocycles. The molecule has 3 nitrogen and oxygen atoms in total. The van der Waals surface area contributed by atoms with Crippen molar-refractivity contribution in [3.05, 3.63) is 65.5 Å². The lowest BCUT2D eigenvalue weighted by atomic mass is 10.0. The molecule has 0 aliphatic carbocycles. The highest BCUT2D eigenvalue weighted by atomic mass is 15.1. The molecule has 3 heteroatoms. The van der Waals surface area contributed by atoms with Gasteiger partial charge in [0.05, 0.1) is 17.1 Å². The predicted octanol–water partition coefficient (Wildman–Crippen LogP) is 3.97. The van der Waals surface area contributed by atoms with Gasteiger partial charge in [0.2, 0.25) is 0 Å². The number of benzene rings is 2. The standard InChI is InChI=1S/C18H21N3/c1-12(2)21-16-10-5-4-9-15(16)20-18(21)17(19)14-8-6-7-13(3)11-14/h4-12,17H,19H2,1-3H3. The van der Waals surface area contributed by atoms with Crippen LogP contribution >= 0.6 is 0 Å². The molecule has 0 fully saturated rings. The summed E-state index contributed by atoms with van der Waals surface area (Å²) in [4.78, 5) is 4.78. The van der Waals surface area contributed by atoms with Gasteiger partial charge in [0.1, 0.15) is 5.82 Å². The van der Waals surface area contributed by atoms with E-state index in [2.05, 4.69) is 49.6 Å². The van der Waals surface area contributed by atoms with Gasteiger partial charge in [-0.05, 0) is 38.5 Å². The van der Waals surface area contributed by atoms with Crippen LogP contribution in [0.4, 0.5) is 0 Å². The highest BCUT2D eigenvalue weighted by molar-refractivity contribution is 5.76. The topological polar surface area (TPSA) is 43.8 Å². The SMILES string of the molecule is Cc1cccc(C(N)c2nc3ccccc3n2C(C)C)c1. The molecule has 21 heavy (non-hydrogen) atoms. The Hall–Kier alpha value is -2.13. The molecule has 0 amide bonds. The van der Waals surface area contributed by atoms with E-state index in [0.717, 1.165) is 22.4 Å². The van der Waals surface area contributed by atoms with E-state index in [1.54, 1.807) is 0 Å². The van der Waals surface area contributed by atoms with E-state index in [1.807, 2.05) is 24.3 Å². The molecule has 0 spiro atoms. The molecule has 1 heterocycles. The summed E-state index contributed by atoms with van der Waals surface area (Å²) in [5.74, 6) is 0.928. The number of aromatic nitrogens is 2. The molecular weight excluding hydrogens is 258 g/mol. The molecule has 2 N–H and O–H groups in total. The highest BCUT2D eigenvalue weighted by Crippen LogP contribution is 2.27. The quantitative estimate of drug-likeness (QED) is 0.788. The molecule has 108 valence electrons. The van der Waals surface area contributed by atoms with Gasteiger partial charge in [-0.1, -0.05) is 42.0 Å². The van der Waals surface area contributed by atoms with Gasteiger partial charge >= 0.3 is 0 Å². The Morgan fingerprint density at radius 2 is 1.81 bits per heavy atom. The van der Waals surface area contributed by atoms with E-state index >= 15 is 0 Å². The van der Waals surface area contributed by atoms with E-state index in [1.165, 1.54) is 5.56 Å². The zero-order valence-electron chi connectivity index (χ0n) is 12.7. The van der Waals surface area contributed by atoms with E-state index in [9.17, 15) is 0 Å². The molecule has 1 unspecified atom stereocenters. The average molecular weight is 279 g/mol. The van der Waals surface area contributed by atoms with Crippen molar-refractivity contribution in [1.29, 1.82) is 0 Å². The Morgan fingerprint density at radius 1 is 1.05 bits per heavy atom. The molecule has 1 atom stereocenters. The third-order valence-electron chi connectivity index (χ3n) is 3.82. The molecular formula is C18H21N3. The molecule has 3 aromatic rings. The van der Waals surface area contributed by atoms with Crippen LogP contribution in [0.5, 0.6) is 0 Å². The number of imidazole rings is 1. The summed E-state index contributed by atoms with van der Waals surface area (Å²) in [6, 6.07) is 16.7. The van der Waals surface area contributed by atoms with E-state index in [0.29, 0.717) is 6.04 Å². The van der Waals surface area contributed by atoms with Crippen LogP contribution in [-0.2, 0) is 0 Å². The van der Waals surface area contributed by atoms with Crippen molar-refractivity contribution in [3.63, 3.8) is 0 Å². The van der Waals surface area contributed by atoms with Crippen LogP contribution in [0.25, 0.3) is 11.0 Å². The third kappa shape index (κ3) is 2.45. The zero-order chi connectivity index (χ0) is 15.0. The van der Waals surface area contributed by atoms with Crippen LogP contribution in [0.3, 0.4) is 0 Å². The minimum absolute atomic E-state index is 0.209. The number of rotatable bonds is 3. The van der Waals surface area contributed by atoms with E-state index in [-0.39, 0.29) is 6.04 Å². The monoisotopic (exact) mass is 279 g/mol. The maximum Gasteiger partial charge on any atom is 0.131 e. The third-order valence-corrected chi connectivity index (χ3v) is 3.82. The Morgan fingerprint density at radius 3 is 2.52 bits per heavy atom. The number of nitrogens with zero attached hydrogens (tertiary/aromatic N) is 2. The van der Waals surface area contributed by atoms with Crippen molar-refractivity contribution in [2.24, 2.45) is 5.73 Å². The van der Waals surface area contributed by atoms with Gasteiger partial charge in [-0.15, -0.1) is 0 Å². The van der Waals surface area contributed by atoms with Gasteiger partial charge < -0.3 is 10.3 Å². The Labute approximate surface area is 125 Å². The molecule has 2 aromatic carbocycles. The van der Waals surface area contributed by atoms with E-state index < -0.39 is 0 Å². The minimum atomic E-state index is -0.209. The van der Waals surface area contributed by atoms with Crippen molar-refractivity contribution in [3.8, 4) is 0 Å². The fourth-order valence-corrected chi connectivity index (χ4v) is 2.84. The van der Waals surface area contributed by atoms with Crippen LogP contribution in [-0.4, -0.2) is 9.55 Å². The molecule has 0 aliphatic rings. The molecule has 0 radical (unpaired) electrons. The van der Waals surface area contributed by atoms with Crippen LogP contribution in [0.2, 0.25) is 0 Å². The lowest BCUT2D eigenvalue weighted by Gasteiger charge is -2.18. The summed E-state index contributed by atoms with van der Waals surface area (Å²) in [6.07, 6.45) is 0. The van der Waals surface area contributed by atoms with Gasteiger partial charge in [-0.25, -0.2) is 4.98 Å². The van der Waals surface area contributed by atoms with Crippen molar-refractivity contribution < 1.29 is 0 Å². The van der Waals surface area contributed by atoms with Crippen LogP contribution in [0, 0.1) is 6.92 Å². The number of aryl methyl sites for hydroxylation is 1. The first kappa shape index (κ1) is 13.8. The minimum Gasteiger partial charge on any atom is -0.324 e. The number of hydrogen-bond donors (Lipinski definition) is 1. The van der Waals surface area contributed by atoms with E-state index in [4.69, 9.17) is 10.7 Å². The van der Waals surface area contributed by atoms with Crippen molar-refractivity contribution in [2.45, 2.75) is 32.9 Å². The van der Waals surface area contributed by atoms with Gasteiger partial charge in [-0.2, -0.15) is 0 Å². The molecule has 3 rings (SSSR count). The Kier molecular flexibility index (Phi) is 3.52. The van der Waals surface area contributed by atoms with Crippen LogP contribution in [0.15, 0.2) is 48.5 Å². The molecule has 0 bridgehead atoms. The van der Waals surface area contributed by atoms with Crippen molar-refractivity contribution in [1.82, 2.24) is 9.55 Å². The normalized spacial score (nSPS) is 13.0. The van der Waals surface area contributed by atoms with Gasteiger partial charge in [0, 0.05) is 6.04 Å². The van der Waals surface area contributed by atoms with Crippen molar-refractivity contribution >= 4 is 11.0 Å². The largest absolute Gasteiger partial charge is 0.324 e. The molecule has 0 saturated carbocycles. The van der Waals surface area contributed by atoms with Crippen molar-refractivity contribution in [2.75, 3.05) is 0 Å². The highest BCUT2D eigenvalue weighted by Gasteiger charge is 2.20.